The number of nitrogens with one attached hydrogen (secondary N) is 3. The summed E-state index contributed by atoms with van der Waals surface area (Å²) < 4.78 is 0. The van der Waals surface area contributed by atoms with Gasteiger partial charge in [-0.3, -0.25) is 4.79 Å². The number of anilines is 1. The van der Waals surface area contributed by atoms with Gasteiger partial charge < -0.3 is 16.0 Å². The van der Waals surface area contributed by atoms with E-state index < -0.39 is 0 Å². The molecule has 3 N–H and O–H groups in total. The van der Waals surface area contributed by atoms with Crippen LogP contribution >= 0.6 is 11.6 Å². The van der Waals surface area contributed by atoms with Crippen LogP contribution < -0.4 is 16.0 Å². The van der Waals surface area contributed by atoms with Gasteiger partial charge in [-0.2, -0.15) is 0 Å². The monoisotopic (exact) mass is 399 g/mol. The SMILES string of the molecule is CC(C)[C@H](NC(=O)NCc1cccc(NC(=O)C2CC2)c1)c1ccc(Cl)cc1. The first-order valence-electron chi connectivity index (χ1n) is 9.62. The normalized spacial score (nSPS) is 14.4. The van der Waals surface area contributed by atoms with Crippen molar-refractivity contribution in [3.63, 3.8) is 0 Å². The van der Waals surface area contributed by atoms with E-state index >= 15 is 0 Å². The lowest BCUT2D eigenvalue weighted by atomic mass is 9.96. The largest absolute Gasteiger partial charge is 0.334 e. The minimum atomic E-state index is -0.235. The molecule has 0 unspecified atom stereocenters. The Balaban J connectivity index is 1.55. The van der Waals surface area contributed by atoms with Crippen molar-refractivity contribution in [2.75, 3.05) is 5.32 Å². The molecular formula is C22H26ClN3O2. The zero-order chi connectivity index (χ0) is 20.1. The molecule has 5 nitrogen and oxygen atoms in total. The van der Waals surface area contributed by atoms with Gasteiger partial charge in [-0.1, -0.05) is 49.7 Å². The predicted octanol–water partition coefficient (Wildman–Crippen LogP) is 4.89. The van der Waals surface area contributed by atoms with Gasteiger partial charge in [0, 0.05) is 23.2 Å². The fourth-order valence-corrected chi connectivity index (χ4v) is 3.15. The van der Waals surface area contributed by atoms with E-state index in [0.717, 1.165) is 29.7 Å². The van der Waals surface area contributed by atoms with Crippen LogP contribution in [-0.4, -0.2) is 11.9 Å². The van der Waals surface area contributed by atoms with Crippen molar-refractivity contribution in [2.24, 2.45) is 11.8 Å². The molecule has 0 radical (unpaired) electrons. The lowest BCUT2D eigenvalue weighted by molar-refractivity contribution is -0.117. The van der Waals surface area contributed by atoms with E-state index in [2.05, 4.69) is 29.8 Å². The summed E-state index contributed by atoms with van der Waals surface area (Å²) in [6.45, 7) is 4.50. The Morgan fingerprint density at radius 1 is 1.11 bits per heavy atom. The number of hydrogen-bond donors (Lipinski definition) is 3. The van der Waals surface area contributed by atoms with E-state index in [1.165, 1.54) is 0 Å². The van der Waals surface area contributed by atoms with Crippen molar-refractivity contribution in [1.82, 2.24) is 10.6 Å². The van der Waals surface area contributed by atoms with E-state index in [0.29, 0.717) is 11.6 Å². The van der Waals surface area contributed by atoms with Gasteiger partial charge in [0.15, 0.2) is 0 Å². The predicted molar refractivity (Wildman–Crippen MR) is 112 cm³/mol. The Morgan fingerprint density at radius 2 is 1.82 bits per heavy atom. The van der Waals surface area contributed by atoms with E-state index in [4.69, 9.17) is 11.6 Å². The Bertz CT molecular complexity index is 832. The maximum atomic E-state index is 12.4. The summed E-state index contributed by atoms with van der Waals surface area (Å²) in [5.41, 5.74) is 2.70. The third kappa shape index (κ3) is 5.73. The smallest absolute Gasteiger partial charge is 0.315 e. The number of benzene rings is 2. The topological polar surface area (TPSA) is 70.2 Å². The highest BCUT2D eigenvalue weighted by Crippen LogP contribution is 2.30. The second kappa shape index (κ2) is 9.11. The van der Waals surface area contributed by atoms with E-state index in [-0.39, 0.29) is 29.8 Å². The summed E-state index contributed by atoms with van der Waals surface area (Å²) >= 11 is 5.96. The Hall–Kier alpha value is -2.53. The second-order valence-corrected chi connectivity index (χ2v) is 8.00. The van der Waals surface area contributed by atoms with Crippen LogP contribution in [0.2, 0.25) is 5.02 Å². The van der Waals surface area contributed by atoms with Crippen molar-refractivity contribution in [3.05, 3.63) is 64.7 Å². The summed E-state index contributed by atoms with van der Waals surface area (Å²) in [6, 6.07) is 14.7. The van der Waals surface area contributed by atoms with Crippen LogP contribution in [0.15, 0.2) is 48.5 Å². The van der Waals surface area contributed by atoms with Crippen LogP contribution in [0.4, 0.5) is 10.5 Å². The molecule has 0 bridgehead atoms. The fraction of sp³-hybridized carbons (Fsp3) is 0.364. The molecule has 3 rings (SSSR count). The molecule has 6 heteroatoms. The van der Waals surface area contributed by atoms with Gasteiger partial charge in [0.05, 0.1) is 6.04 Å². The Labute approximate surface area is 170 Å². The van der Waals surface area contributed by atoms with E-state index in [1.54, 1.807) is 0 Å². The zero-order valence-corrected chi connectivity index (χ0v) is 16.9. The first-order chi connectivity index (χ1) is 13.4. The van der Waals surface area contributed by atoms with Gasteiger partial charge in [-0.25, -0.2) is 4.79 Å². The molecule has 2 aromatic rings. The van der Waals surface area contributed by atoms with Crippen molar-refractivity contribution < 1.29 is 9.59 Å². The highest BCUT2D eigenvalue weighted by molar-refractivity contribution is 6.30. The molecule has 0 spiro atoms. The Kier molecular flexibility index (Phi) is 6.57. The minimum absolute atomic E-state index is 0.0746. The number of urea groups is 1. The van der Waals surface area contributed by atoms with Crippen LogP contribution in [0.5, 0.6) is 0 Å². The highest BCUT2D eigenvalue weighted by Gasteiger charge is 2.29. The maximum Gasteiger partial charge on any atom is 0.315 e. The molecule has 3 amide bonds. The van der Waals surface area contributed by atoms with Gasteiger partial charge in [0.1, 0.15) is 0 Å². The van der Waals surface area contributed by atoms with Crippen LogP contribution in [0.1, 0.15) is 43.9 Å². The van der Waals surface area contributed by atoms with Gasteiger partial charge in [-0.15, -0.1) is 0 Å². The number of hydrogen-bond acceptors (Lipinski definition) is 2. The standard InChI is InChI=1S/C22H26ClN3O2/c1-14(2)20(16-8-10-18(23)11-9-16)26-22(28)24-13-15-4-3-5-19(12-15)25-21(27)17-6-7-17/h3-5,8-12,14,17,20H,6-7,13H2,1-2H3,(H,25,27)(H2,24,26,28)/t20-/m0/s1. The molecule has 0 heterocycles. The Morgan fingerprint density at radius 3 is 2.46 bits per heavy atom. The molecule has 1 fully saturated rings. The molecule has 148 valence electrons. The first kappa shape index (κ1) is 20.2. The van der Waals surface area contributed by atoms with Crippen molar-refractivity contribution in [1.29, 1.82) is 0 Å². The van der Waals surface area contributed by atoms with Gasteiger partial charge in [-0.05, 0) is 54.2 Å². The summed E-state index contributed by atoms with van der Waals surface area (Å²) in [4.78, 5) is 24.3. The van der Waals surface area contributed by atoms with Crippen LogP contribution in [0, 0.1) is 11.8 Å². The number of rotatable bonds is 7. The quantitative estimate of drug-likeness (QED) is 0.620. The molecule has 1 saturated carbocycles. The van der Waals surface area contributed by atoms with E-state index in [1.807, 2.05) is 48.5 Å². The van der Waals surface area contributed by atoms with E-state index in [9.17, 15) is 9.59 Å². The number of halogens is 1. The molecule has 1 atom stereocenters. The highest BCUT2D eigenvalue weighted by atomic mass is 35.5. The molecule has 0 aromatic heterocycles. The van der Waals surface area contributed by atoms with Gasteiger partial charge in [0.2, 0.25) is 5.91 Å². The van der Waals surface area contributed by atoms with Crippen molar-refractivity contribution in [2.45, 2.75) is 39.3 Å². The van der Waals surface area contributed by atoms with Crippen molar-refractivity contribution >= 4 is 29.2 Å². The van der Waals surface area contributed by atoms with Gasteiger partial charge >= 0.3 is 6.03 Å². The van der Waals surface area contributed by atoms with Gasteiger partial charge in [0.25, 0.3) is 0 Å². The third-order valence-corrected chi connectivity index (χ3v) is 5.03. The fourth-order valence-electron chi connectivity index (χ4n) is 3.03. The van der Waals surface area contributed by atoms with Crippen LogP contribution in [0.3, 0.4) is 0 Å². The summed E-state index contributed by atoms with van der Waals surface area (Å²) in [5.74, 6) is 0.465. The molecule has 28 heavy (non-hydrogen) atoms. The average Bonchev–Trinajstić information content (AvgIpc) is 3.51. The van der Waals surface area contributed by atoms with Crippen LogP contribution in [-0.2, 0) is 11.3 Å². The molecular weight excluding hydrogens is 374 g/mol. The van der Waals surface area contributed by atoms with Crippen LogP contribution in [0.25, 0.3) is 0 Å². The number of carbonyl (C=O) groups is 2. The lowest BCUT2D eigenvalue weighted by Gasteiger charge is -2.23. The summed E-state index contributed by atoms with van der Waals surface area (Å²) in [7, 11) is 0. The molecule has 1 aliphatic carbocycles. The van der Waals surface area contributed by atoms with Crippen molar-refractivity contribution in [3.8, 4) is 0 Å². The third-order valence-electron chi connectivity index (χ3n) is 4.78. The molecule has 0 aliphatic heterocycles. The molecule has 1 aliphatic rings. The molecule has 0 saturated heterocycles. The lowest BCUT2D eigenvalue weighted by Crippen LogP contribution is -2.39. The summed E-state index contributed by atoms with van der Waals surface area (Å²) in [5, 5.41) is 9.52. The first-order valence-corrected chi connectivity index (χ1v) is 10.00. The zero-order valence-electron chi connectivity index (χ0n) is 16.2. The number of amides is 3. The molecule has 2 aromatic carbocycles. The maximum absolute atomic E-state index is 12.4. The number of carbonyl (C=O) groups excluding carboxylic acids is 2. The minimum Gasteiger partial charge on any atom is -0.334 e. The average molecular weight is 400 g/mol. The summed E-state index contributed by atoms with van der Waals surface area (Å²) in [6.07, 6.45) is 1.94. The second-order valence-electron chi connectivity index (χ2n) is 7.56.